The molecule has 1 aromatic heterocycles. The Kier molecular flexibility index (Phi) is 8.57. The zero-order valence-corrected chi connectivity index (χ0v) is 20.2. The molecule has 0 fully saturated rings. The summed E-state index contributed by atoms with van der Waals surface area (Å²) in [5.74, 6) is 0.448. The van der Waals surface area contributed by atoms with Crippen LogP contribution in [-0.2, 0) is 20.6 Å². The number of amides is 1. The van der Waals surface area contributed by atoms with Gasteiger partial charge in [0.2, 0.25) is 21.1 Å². The maximum atomic E-state index is 12.5. The molecule has 0 saturated carbocycles. The fourth-order valence-electron chi connectivity index (χ4n) is 2.82. The molecule has 3 aromatic rings. The molecule has 1 heterocycles. The predicted octanol–water partition coefficient (Wildman–Crippen LogP) is 4.51. The van der Waals surface area contributed by atoms with Crippen LogP contribution in [0, 0.1) is 0 Å². The fraction of sp³-hybridized carbons (Fsp3) is 0.227. The molecular formula is C22H24N4O3S3. The Bertz CT molecular complexity index is 1160. The monoisotopic (exact) mass is 488 g/mol. The fourth-order valence-corrected chi connectivity index (χ4v) is 5.99. The number of rotatable bonds is 10. The molecule has 1 N–H and O–H groups in total. The second-order valence-electron chi connectivity index (χ2n) is 6.63. The first kappa shape index (κ1) is 24.1. The van der Waals surface area contributed by atoms with Crippen LogP contribution in [0.25, 0.3) is 6.08 Å². The van der Waals surface area contributed by atoms with Crippen LogP contribution < -0.4 is 5.32 Å². The molecule has 0 saturated heterocycles. The average Bonchev–Trinajstić information content (AvgIpc) is 3.25. The standard InChI is InChI=1S/C22H24N4O3S3/c1-3-26(4-2)32(28,29)19-13-10-17(11-14-19)12-15-20(27)23-21-24-25-22(31-21)30-16-18-8-6-5-7-9-18/h5-15H,3-4,16H2,1-2H3,(H,23,24,27). The van der Waals surface area contributed by atoms with Gasteiger partial charge in [0.1, 0.15) is 0 Å². The lowest BCUT2D eigenvalue weighted by Crippen LogP contribution is -2.30. The second-order valence-corrected chi connectivity index (χ2v) is 10.8. The molecular weight excluding hydrogens is 464 g/mol. The number of anilines is 1. The van der Waals surface area contributed by atoms with Crippen LogP contribution >= 0.6 is 23.1 Å². The van der Waals surface area contributed by atoms with Gasteiger partial charge in [-0.15, -0.1) is 10.2 Å². The summed E-state index contributed by atoms with van der Waals surface area (Å²) in [6, 6.07) is 16.5. The number of nitrogens with zero attached hydrogens (tertiary/aromatic N) is 3. The normalized spacial score (nSPS) is 11.8. The molecule has 0 aliphatic heterocycles. The van der Waals surface area contributed by atoms with E-state index in [4.69, 9.17) is 0 Å². The van der Waals surface area contributed by atoms with Crippen LogP contribution in [0.4, 0.5) is 5.13 Å². The molecule has 0 atom stereocenters. The molecule has 10 heteroatoms. The van der Waals surface area contributed by atoms with Crippen LogP contribution in [-0.4, -0.2) is 41.9 Å². The van der Waals surface area contributed by atoms with Gasteiger partial charge in [0.25, 0.3) is 0 Å². The van der Waals surface area contributed by atoms with E-state index in [0.29, 0.717) is 18.2 Å². The molecule has 0 radical (unpaired) electrons. The first-order chi connectivity index (χ1) is 15.4. The molecule has 32 heavy (non-hydrogen) atoms. The number of nitrogens with one attached hydrogen (secondary N) is 1. The lowest BCUT2D eigenvalue weighted by atomic mass is 10.2. The molecule has 0 aliphatic rings. The van der Waals surface area contributed by atoms with Gasteiger partial charge in [-0.1, -0.05) is 79.4 Å². The van der Waals surface area contributed by atoms with E-state index >= 15 is 0 Å². The van der Waals surface area contributed by atoms with Gasteiger partial charge in [0.05, 0.1) is 4.90 Å². The van der Waals surface area contributed by atoms with E-state index < -0.39 is 10.0 Å². The summed E-state index contributed by atoms with van der Waals surface area (Å²) >= 11 is 2.88. The summed E-state index contributed by atoms with van der Waals surface area (Å²) in [6.45, 7) is 4.44. The van der Waals surface area contributed by atoms with Gasteiger partial charge in [0, 0.05) is 24.9 Å². The molecule has 0 bridgehead atoms. The van der Waals surface area contributed by atoms with E-state index in [2.05, 4.69) is 15.5 Å². The van der Waals surface area contributed by atoms with Crippen molar-refractivity contribution in [3.05, 3.63) is 71.8 Å². The zero-order valence-electron chi connectivity index (χ0n) is 17.8. The summed E-state index contributed by atoms with van der Waals surface area (Å²) in [5, 5.41) is 11.2. The molecule has 1 amide bonds. The number of sulfonamides is 1. The van der Waals surface area contributed by atoms with E-state index in [1.165, 1.54) is 27.3 Å². The number of benzene rings is 2. The highest BCUT2D eigenvalue weighted by molar-refractivity contribution is 8.00. The lowest BCUT2D eigenvalue weighted by molar-refractivity contribution is -0.111. The number of aromatic nitrogens is 2. The largest absolute Gasteiger partial charge is 0.297 e. The van der Waals surface area contributed by atoms with Crippen molar-refractivity contribution in [1.29, 1.82) is 0 Å². The van der Waals surface area contributed by atoms with Crippen molar-refractivity contribution in [2.24, 2.45) is 0 Å². The molecule has 7 nitrogen and oxygen atoms in total. The highest BCUT2D eigenvalue weighted by atomic mass is 32.2. The van der Waals surface area contributed by atoms with Gasteiger partial charge < -0.3 is 0 Å². The minimum Gasteiger partial charge on any atom is -0.297 e. The van der Waals surface area contributed by atoms with E-state index in [-0.39, 0.29) is 10.8 Å². The number of carbonyl (C=O) groups excluding carboxylic acids is 1. The van der Waals surface area contributed by atoms with Crippen LogP contribution in [0.5, 0.6) is 0 Å². The van der Waals surface area contributed by atoms with Crippen molar-refractivity contribution in [3.63, 3.8) is 0 Å². The van der Waals surface area contributed by atoms with Gasteiger partial charge >= 0.3 is 0 Å². The smallest absolute Gasteiger partial charge is 0.250 e. The third-order valence-corrected chi connectivity index (χ3v) is 8.60. The lowest BCUT2D eigenvalue weighted by Gasteiger charge is -2.18. The van der Waals surface area contributed by atoms with Crippen LogP contribution in [0.1, 0.15) is 25.0 Å². The quantitative estimate of drug-likeness (QED) is 0.256. The van der Waals surface area contributed by atoms with Gasteiger partial charge in [-0.05, 0) is 29.3 Å². The highest BCUT2D eigenvalue weighted by Crippen LogP contribution is 2.28. The van der Waals surface area contributed by atoms with Crippen LogP contribution in [0.3, 0.4) is 0 Å². The third kappa shape index (κ3) is 6.49. The zero-order chi connectivity index (χ0) is 23.0. The maximum absolute atomic E-state index is 12.5. The highest BCUT2D eigenvalue weighted by Gasteiger charge is 2.20. The summed E-state index contributed by atoms with van der Waals surface area (Å²) < 4.78 is 27.2. The van der Waals surface area contributed by atoms with Crippen LogP contribution in [0.15, 0.2) is 69.9 Å². The summed E-state index contributed by atoms with van der Waals surface area (Å²) in [4.78, 5) is 12.4. The number of hydrogen-bond acceptors (Lipinski definition) is 7. The van der Waals surface area contributed by atoms with E-state index in [1.54, 1.807) is 56.0 Å². The van der Waals surface area contributed by atoms with Crippen molar-refractivity contribution in [2.75, 3.05) is 18.4 Å². The van der Waals surface area contributed by atoms with Gasteiger partial charge in [0.15, 0.2) is 4.34 Å². The maximum Gasteiger partial charge on any atom is 0.250 e. The summed E-state index contributed by atoms with van der Waals surface area (Å²) in [5.41, 5.74) is 1.91. The minimum absolute atomic E-state index is 0.234. The number of thioether (sulfide) groups is 1. The molecule has 0 spiro atoms. The number of carbonyl (C=O) groups is 1. The Balaban J connectivity index is 1.55. The summed E-state index contributed by atoms with van der Waals surface area (Å²) in [6.07, 6.45) is 3.00. The van der Waals surface area contributed by atoms with Gasteiger partial charge in [-0.3, -0.25) is 10.1 Å². The predicted molar refractivity (Wildman–Crippen MR) is 130 cm³/mol. The Labute approximate surface area is 196 Å². The number of hydrogen-bond donors (Lipinski definition) is 1. The SMILES string of the molecule is CCN(CC)S(=O)(=O)c1ccc(C=CC(=O)Nc2nnc(SCc3ccccc3)s2)cc1. The molecule has 168 valence electrons. The molecule has 0 aliphatic carbocycles. The third-order valence-electron chi connectivity index (χ3n) is 4.49. The Morgan fingerprint density at radius 2 is 1.75 bits per heavy atom. The topological polar surface area (TPSA) is 92.3 Å². The Hall–Kier alpha value is -2.53. The van der Waals surface area contributed by atoms with Crippen LogP contribution in [0.2, 0.25) is 0 Å². The van der Waals surface area contributed by atoms with Crippen molar-refractivity contribution in [1.82, 2.24) is 14.5 Å². The summed E-state index contributed by atoms with van der Waals surface area (Å²) in [7, 11) is -3.50. The van der Waals surface area contributed by atoms with E-state index in [0.717, 1.165) is 15.7 Å². The Morgan fingerprint density at radius 1 is 1.06 bits per heavy atom. The molecule has 3 rings (SSSR count). The van der Waals surface area contributed by atoms with E-state index in [9.17, 15) is 13.2 Å². The van der Waals surface area contributed by atoms with Gasteiger partial charge in [-0.25, -0.2) is 8.42 Å². The average molecular weight is 489 g/mol. The van der Waals surface area contributed by atoms with Gasteiger partial charge in [-0.2, -0.15) is 4.31 Å². The Morgan fingerprint density at radius 3 is 2.41 bits per heavy atom. The van der Waals surface area contributed by atoms with Crippen molar-refractivity contribution < 1.29 is 13.2 Å². The molecule has 2 aromatic carbocycles. The first-order valence-electron chi connectivity index (χ1n) is 10.0. The molecule has 0 unspecified atom stereocenters. The van der Waals surface area contributed by atoms with Crippen molar-refractivity contribution in [2.45, 2.75) is 28.8 Å². The van der Waals surface area contributed by atoms with Crippen molar-refractivity contribution >= 4 is 50.2 Å². The minimum atomic E-state index is -3.50. The van der Waals surface area contributed by atoms with E-state index in [1.807, 2.05) is 30.3 Å². The second kappa shape index (κ2) is 11.4. The van der Waals surface area contributed by atoms with Crippen molar-refractivity contribution in [3.8, 4) is 0 Å². The first-order valence-corrected chi connectivity index (χ1v) is 13.3.